The van der Waals surface area contributed by atoms with E-state index in [0.29, 0.717) is 5.76 Å². The van der Waals surface area contributed by atoms with Crippen molar-refractivity contribution < 1.29 is 14.3 Å². The Morgan fingerprint density at radius 3 is 2.90 bits per heavy atom. The lowest BCUT2D eigenvalue weighted by atomic mass is 10.3. The maximum absolute atomic E-state index is 10.1. The van der Waals surface area contributed by atoms with Crippen LogP contribution in [0.4, 0.5) is 0 Å². The summed E-state index contributed by atoms with van der Waals surface area (Å²) < 4.78 is 4.89. The molecule has 1 heterocycles. The van der Waals surface area contributed by atoms with Gasteiger partial charge in [0.15, 0.2) is 0 Å². The van der Waals surface area contributed by atoms with Gasteiger partial charge in [0.2, 0.25) is 0 Å². The Kier molecular flexibility index (Phi) is 1.76. The van der Waals surface area contributed by atoms with Gasteiger partial charge in [0, 0.05) is 0 Å². The van der Waals surface area contributed by atoms with Crippen molar-refractivity contribution in [1.29, 1.82) is 0 Å². The molecule has 0 saturated carbocycles. The summed E-state index contributed by atoms with van der Waals surface area (Å²) >= 11 is 0. The van der Waals surface area contributed by atoms with Crippen LogP contribution in [-0.4, -0.2) is 11.1 Å². The van der Waals surface area contributed by atoms with E-state index in [1.807, 2.05) is 6.92 Å². The zero-order valence-corrected chi connectivity index (χ0v) is 5.63. The molecule has 0 spiro atoms. The zero-order valence-electron chi connectivity index (χ0n) is 5.63. The van der Waals surface area contributed by atoms with Crippen LogP contribution < -0.4 is 0 Å². The van der Waals surface area contributed by atoms with E-state index in [0.717, 1.165) is 5.56 Å². The fraction of sp³-hybridized carbons (Fsp3) is 0.286. The second-order valence-corrected chi connectivity index (χ2v) is 2.16. The molecule has 0 aliphatic heterocycles. The molecule has 54 valence electrons. The molecule has 0 fully saturated rings. The molecule has 0 aliphatic rings. The topological polar surface area (TPSA) is 50.4 Å². The largest absolute Gasteiger partial charge is 0.481 e. The third-order valence-electron chi connectivity index (χ3n) is 1.11. The average molecular weight is 140 g/mol. The van der Waals surface area contributed by atoms with E-state index in [4.69, 9.17) is 9.52 Å². The first kappa shape index (κ1) is 6.86. The van der Waals surface area contributed by atoms with Crippen molar-refractivity contribution in [2.24, 2.45) is 0 Å². The zero-order chi connectivity index (χ0) is 7.56. The molecule has 1 aromatic rings. The van der Waals surface area contributed by atoms with E-state index < -0.39 is 5.97 Å². The Hall–Kier alpha value is -1.25. The summed E-state index contributed by atoms with van der Waals surface area (Å²) in [5.41, 5.74) is 0.955. The van der Waals surface area contributed by atoms with Crippen molar-refractivity contribution in [3.63, 3.8) is 0 Å². The van der Waals surface area contributed by atoms with Crippen molar-refractivity contribution in [3.05, 3.63) is 23.7 Å². The van der Waals surface area contributed by atoms with Crippen LogP contribution in [-0.2, 0) is 11.2 Å². The average Bonchev–Trinajstić information content (AvgIpc) is 2.13. The van der Waals surface area contributed by atoms with Crippen LogP contribution in [0, 0.1) is 6.92 Å². The molecule has 1 N–H and O–H groups in total. The first-order valence-corrected chi connectivity index (χ1v) is 2.94. The normalized spacial score (nSPS) is 9.70. The Labute approximate surface area is 58.3 Å². The molecule has 1 rings (SSSR count). The van der Waals surface area contributed by atoms with Crippen molar-refractivity contribution in [2.45, 2.75) is 13.3 Å². The highest BCUT2D eigenvalue weighted by Gasteiger charge is 2.02. The Morgan fingerprint density at radius 1 is 1.80 bits per heavy atom. The Balaban J connectivity index is 2.67. The van der Waals surface area contributed by atoms with E-state index in [1.165, 1.54) is 6.26 Å². The van der Waals surface area contributed by atoms with Crippen molar-refractivity contribution in [1.82, 2.24) is 0 Å². The number of hydrogen-bond acceptors (Lipinski definition) is 2. The monoisotopic (exact) mass is 140 g/mol. The molecule has 1 aromatic heterocycles. The molecule has 10 heavy (non-hydrogen) atoms. The van der Waals surface area contributed by atoms with Gasteiger partial charge in [-0.3, -0.25) is 4.79 Å². The van der Waals surface area contributed by atoms with Gasteiger partial charge in [0.25, 0.3) is 0 Å². The van der Waals surface area contributed by atoms with E-state index in [1.54, 1.807) is 6.07 Å². The fourth-order valence-electron chi connectivity index (χ4n) is 0.732. The highest BCUT2D eigenvalue weighted by molar-refractivity contribution is 5.69. The van der Waals surface area contributed by atoms with Gasteiger partial charge in [-0.1, -0.05) is 0 Å². The second kappa shape index (κ2) is 2.56. The smallest absolute Gasteiger partial charge is 0.311 e. The van der Waals surface area contributed by atoms with Crippen LogP contribution in [0.15, 0.2) is 16.7 Å². The minimum atomic E-state index is -0.866. The van der Waals surface area contributed by atoms with Gasteiger partial charge in [0.05, 0.1) is 6.26 Å². The van der Waals surface area contributed by atoms with Crippen LogP contribution in [0.1, 0.15) is 11.3 Å². The van der Waals surface area contributed by atoms with Crippen molar-refractivity contribution in [3.8, 4) is 0 Å². The summed E-state index contributed by atoms with van der Waals surface area (Å²) in [6.07, 6.45) is 1.51. The Bertz CT molecular complexity index is 237. The summed E-state index contributed by atoms with van der Waals surface area (Å²) in [4.78, 5) is 10.1. The fourth-order valence-corrected chi connectivity index (χ4v) is 0.732. The lowest BCUT2D eigenvalue weighted by molar-refractivity contribution is -0.136. The molecule has 0 unspecified atom stereocenters. The molecule has 0 atom stereocenters. The van der Waals surface area contributed by atoms with Crippen LogP contribution in [0.5, 0.6) is 0 Å². The second-order valence-electron chi connectivity index (χ2n) is 2.16. The number of aliphatic carboxylic acids is 1. The van der Waals surface area contributed by atoms with Gasteiger partial charge < -0.3 is 9.52 Å². The minimum Gasteiger partial charge on any atom is -0.481 e. The lowest BCUT2D eigenvalue weighted by Crippen LogP contribution is -1.97. The molecule has 0 amide bonds. The third-order valence-corrected chi connectivity index (χ3v) is 1.11. The lowest BCUT2D eigenvalue weighted by Gasteiger charge is -1.85. The molecule has 0 saturated heterocycles. The summed E-state index contributed by atoms with van der Waals surface area (Å²) in [6, 6.07) is 1.72. The Morgan fingerprint density at radius 2 is 2.50 bits per heavy atom. The number of hydrogen-bond donors (Lipinski definition) is 1. The minimum absolute atomic E-state index is 0.0339. The maximum Gasteiger partial charge on any atom is 0.311 e. The maximum atomic E-state index is 10.1. The summed E-state index contributed by atoms with van der Waals surface area (Å²) in [6.45, 7) is 1.86. The van der Waals surface area contributed by atoms with E-state index in [-0.39, 0.29) is 6.42 Å². The van der Waals surface area contributed by atoms with Crippen molar-refractivity contribution >= 4 is 5.97 Å². The number of aryl methyl sites for hydroxylation is 1. The van der Waals surface area contributed by atoms with E-state index in [2.05, 4.69) is 0 Å². The number of furan rings is 1. The highest BCUT2D eigenvalue weighted by Crippen LogP contribution is 2.06. The number of carboxylic acids is 1. The highest BCUT2D eigenvalue weighted by atomic mass is 16.4. The van der Waals surface area contributed by atoms with Gasteiger partial charge in [0.1, 0.15) is 12.2 Å². The van der Waals surface area contributed by atoms with E-state index in [9.17, 15) is 4.79 Å². The molecule has 3 heteroatoms. The number of rotatable bonds is 2. The van der Waals surface area contributed by atoms with Crippen LogP contribution in [0.25, 0.3) is 0 Å². The predicted octanol–water partition coefficient (Wildman–Crippen LogP) is 1.22. The number of carboxylic acid groups (broad SMARTS) is 1. The first-order chi connectivity index (χ1) is 4.68. The van der Waals surface area contributed by atoms with Crippen LogP contribution in [0.3, 0.4) is 0 Å². The SMILES string of the molecule is Cc1coc(CC(=O)O)c1. The molecular formula is C7H8O3. The van der Waals surface area contributed by atoms with Crippen LogP contribution >= 0.6 is 0 Å². The predicted molar refractivity (Wildman–Crippen MR) is 34.8 cm³/mol. The third kappa shape index (κ3) is 1.62. The van der Waals surface area contributed by atoms with Gasteiger partial charge in [-0.2, -0.15) is 0 Å². The standard InChI is InChI=1S/C7H8O3/c1-5-2-6(10-4-5)3-7(8)9/h2,4H,3H2,1H3,(H,8,9). The first-order valence-electron chi connectivity index (χ1n) is 2.94. The van der Waals surface area contributed by atoms with Crippen molar-refractivity contribution in [2.75, 3.05) is 0 Å². The summed E-state index contributed by atoms with van der Waals surface area (Å²) in [5.74, 6) is -0.362. The molecule has 3 nitrogen and oxygen atoms in total. The van der Waals surface area contributed by atoms with E-state index >= 15 is 0 Å². The number of carbonyl (C=O) groups is 1. The molecule has 0 radical (unpaired) electrons. The molecule has 0 aromatic carbocycles. The van der Waals surface area contributed by atoms with Gasteiger partial charge in [-0.25, -0.2) is 0 Å². The summed E-state index contributed by atoms with van der Waals surface area (Å²) in [7, 11) is 0. The molecular weight excluding hydrogens is 132 g/mol. The van der Waals surface area contributed by atoms with Gasteiger partial charge >= 0.3 is 5.97 Å². The molecule has 0 bridgehead atoms. The molecule has 0 aliphatic carbocycles. The van der Waals surface area contributed by atoms with Gasteiger partial charge in [-0.05, 0) is 18.6 Å². The summed E-state index contributed by atoms with van der Waals surface area (Å²) in [5, 5.41) is 8.32. The van der Waals surface area contributed by atoms with Gasteiger partial charge in [-0.15, -0.1) is 0 Å². The quantitative estimate of drug-likeness (QED) is 0.671. The van der Waals surface area contributed by atoms with Crippen LogP contribution in [0.2, 0.25) is 0 Å².